The van der Waals surface area contributed by atoms with Crippen LogP contribution in [0.4, 0.5) is 0 Å². The van der Waals surface area contributed by atoms with Gasteiger partial charge < -0.3 is 5.32 Å². The highest BCUT2D eigenvalue weighted by Crippen LogP contribution is 2.10. The molecule has 0 aliphatic carbocycles. The lowest BCUT2D eigenvalue weighted by Crippen LogP contribution is -2.07. The lowest BCUT2D eigenvalue weighted by Gasteiger charge is -2.06. The number of aryl methyl sites for hydroxylation is 1. The molecule has 0 saturated heterocycles. The van der Waals surface area contributed by atoms with Gasteiger partial charge in [-0.05, 0) is 31.2 Å². The Kier molecular flexibility index (Phi) is 2.73. The van der Waals surface area contributed by atoms with Crippen LogP contribution in [0, 0.1) is 6.92 Å². The van der Waals surface area contributed by atoms with Gasteiger partial charge in [-0.2, -0.15) is 5.10 Å². The summed E-state index contributed by atoms with van der Waals surface area (Å²) in [7, 11) is 1.92. The molecule has 2 aromatic rings. The molecule has 1 N–H and O–H groups in total. The van der Waals surface area contributed by atoms with Crippen molar-refractivity contribution in [2.75, 3.05) is 7.05 Å². The number of nitrogens with one attached hydrogen (secondary N) is 1. The minimum Gasteiger partial charge on any atom is -0.316 e. The summed E-state index contributed by atoms with van der Waals surface area (Å²) in [6.07, 6.45) is 5.00. The number of rotatable bonds is 3. The number of pyridine rings is 1. The van der Waals surface area contributed by atoms with E-state index in [1.165, 1.54) is 11.9 Å². The van der Waals surface area contributed by atoms with Crippen LogP contribution in [0.15, 0.2) is 24.9 Å². The second-order valence-corrected chi connectivity index (χ2v) is 3.35. The summed E-state index contributed by atoms with van der Waals surface area (Å²) in [5.41, 5.74) is 2.26. The molecular formula is C10H13N5. The number of hydrogen-bond donors (Lipinski definition) is 1. The normalized spacial score (nSPS) is 10.5. The topological polar surface area (TPSA) is 55.6 Å². The monoisotopic (exact) mass is 203 g/mol. The predicted octanol–water partition coefficient (Wildman–Crippen LogP) is 0.690. The Labute approximate surface area is 88.2 Å². The van der Waals surface area contributed by atoms with Gasteiger partial charge in [0, 0.05) is 12.7 Å². The fourth-order valence-corrected chi connectivity index (χ4v) is 1.48. The largest absolute Gasteiger partial charge is 0.316 e. The summed E-state index contributed by atoms with van der Waals surface area (Å²) in [5.74, 6) is 0.826. The predicted molar refractivity (Wildman–Crippen MR) is 56.7 cm³/mol. The van der Waals surface area contributed by atoms with Gasteiger partial charge in [-0.3, -0.25) is 0 Å². The van der Waals surface area contributed by atoms with Crippen LogP contribution in [0.3, 0.4) is 0 Å². The van der Waals surface area contributed by atoms with Crippen LogP contribution in [0.25, 0.3) is 5.82 Å². The Bertz CT molecular complexity index is 435. The van der Waals surface area contributed by atoms with E-state index >= 15 is 0 Å². The standard InChI is InChI=1S/C10H13N5/c1-8-3-9(4-11-2)5-13-10(8)15-7-12-6-14-15/h3,5-7,11H,4H2,1-2H3. The molecule has 0 bridgehead atoms. The van der Waals surface area contributed by atoms with Crippen LogP contribution in [-0.2, 0) is 6.54 Å². The molecule has 0 aromatic carbocycles. The lowest BCUT2D eigenvalue weighted by atomic mass is 10.2. The van der Waals surface area contributed by atoms with E-state index in [-0.39, 0.29) is 0 Å². The number of nitrogens with zero attached hydrogens (tertiary/aromatic N) is 4. The van der Waals surface area contributed by atoms with Gasteiger partial charge in [-0.15, -0.1) is 0 Å². The van der Waals surface area contributed by atoms with E-state index in [4.69, 9.17) is 0 Å². The van der Waals surface area contributed by atoms with E-state index < -0.39 is 0 Å². The van der Waals surface area contributed by atoms with Crippen molar-refractivity contribution in [1.29, 1.82) is 0 Å². The molecule has 5 nitrogen and oxygen atoms in total. The van der Waals surface area contributed by atoms with Crippen molar-refractivity contribution >= 4 is 0 Å². The van der Waals surface area contributed by atoms with Crippen LogP contribution < -0.4 is 5.32 Å². The summed E-state index contributed by atoms with van der Waals surface area (Å²) in [6, 6.07) is 2.10. The van der Waals surface area contributed by atoms with Crippen LogP contribution in [-0.4, -0.2) is 26.8 Å². The quantitative estimate of drug-likeness (QED) is 0.797. The summed E-state index contributed by atoms with van der Waals surface area (Å²) in [6.45, 7) is 2.84. The first-order valence-electron chi connectivity index (χ1n) is 4.76. The highest BCUT2D eigenvalue weighted by atomic mass is 15.3. The molecule has 5 heteroatoms. The zero-order valence-corrected chi connectivity index (χ0v) is 8.81. The van der Waals surface area contributed by atoms with E-state index in [1.807, 2.05) is 20.2 Å². The molecule has 2 rings (SSSR count). The van der Waals surface area contributed by atoms with Gasteiger partial charge in [0.1, 0.15) is 12.7 Å². The summed E-state index contributed by atoms with van der Waals surface area (Å²) >= 11 is 0. The van der Waals surface area contributed by atoms with Crippen LogP contribution in [0.1, 0.15) is 11.1 Å². The maximum Gasteiger partial charge on any atom is 0.158 e. The molecule has 15 heavy (non-hydrogen) atoms. The minimum atomic E-state index is 0.825. The molecule has 0 aliphatic rings. The average molecular weight is 203 g/mol. The van der Waals surface area contributed by atoms with E-state index in [9.17, 15) is 0 Å². The second kappa shape index (κ2) is 4.18. The van der Waals surface area contributed by atoms with Crippen molar-refractivity contribution in [1.82, 2.24) is 25.1 Å². The first-order valence-corrected chi connectivity index (χ1v) is 4.76. The molecule has 0 aliphatic heterocycles. The van der Waals surface area contributed by atoms with Gasteiger partial charge in [0.15, 0.2) is 5.82 Å². The summed E-state index contributed by atoms with van der Waals surface area (Å²) in [4.78, 5) is 8.26. The molecule has 78 valence electrons. The number of hydrogen-bond acceptors (Lipinski definition) is 4. The van der Waals surface area contributed by atoms with Crippen LogP contribution in [0.2, 0.25) is 0 Å². The third-order valence-electron chi connectivity index (χ3n) is 2.12. The molecule has 0 amide bonds. The Morgan fingerprint density at radius 3 is 2.93 bits per heavy atom. The van der Waals surface area contributed by atoms with Crippen molar-refractivity contribution in [2.45, 2.75) is 13.5 Å². The molecule has 0 fully saturated rings. The highest BCUT2D eigenvalue weighted by Gasteiger charge is 2.03. The third-order valence-corrected chi connectivity index (χ3v) is 2.12. The molecule has 0 unspecified atom stereocenters. The zero-order chi connectivity index (χ0) is 10.7. The van der Waals surface area contributed by atoms with Crippen LogP contribution >= 0.6 is 0 Å². The summed E-state index contributed by atoms with van der Waals surface area (Å²) < 4.78 is 1.67. The van der Waals surface area contributed by atoms with Crippen molar-refractivity contribution in [3.63, 3.8) is 0 Å². The minimum absolute atomic E-state index is 0.825. The molecule has 0 radical (unpaired) electrons. The van der Waals surface area contributed by atoms with Gasteiger partial charge in [-0.1, -0.05) is 0 Å². The van der Waals surface area contributed by atoms with Gasteiger partial charge >= 0.3 is 0 Å². The third kappa shape index (κ3) is 2.02. The van der Waals surface area contributed by atoms with Gasteiger partial charge in [0.25, 0.3) is 0 Å². The van der Waals surface area contributed by atoms with E-state index in [0.717, 1.165) is 17.9 Å². The molecule has 2 heterocycles. The van der Waals surface area contributed by atoms with Crippen molar-refractivity contribution < 1.29 is 0 Å². The Morgan fingerprint density at radius 1 is 1.47 bits per heavy atom. The fraction of sp³-hybridized carbons (Fsp3) is 0.300. The Balaban J connectivity index is 2.35. The van der Waals surface area contributed by atoms with E-state index in [1.54, 1.807) is 11.0 Å². The van der Waals surface area contributed by atoms with E-state index in [2.05, 4.69) is 26.4 Å². The Morgan fingerprint density at radius 2 is 2.33 bits per heavy atom. The maximum atomic E-state index is 4.36. The molecule has 0 atom stereocenters. The van der Waals surface area contributed by atoms with Crippen molar-refractivity contribution in [3.8, 4) is 5.82 Å². The molecular weight excluding hydrogens is 190 g/mol. The lowest BCUT2D eigenvalue weighted by molar-refractivity contribution is 0.796. The first-order chi connectivity index (χ1) is 7.31. The smallest absolute Gasteiger partial charge is 0.158 e. The zero-order valence-electron chi connectivity index (χ0n) is 8.81. The number of aromatic nitrogens is 4. The maximum absolute atomic E-state index is 4.36. The Hall–Kier alpha value is -1.75. The average Bonchev–Trinajstić information content (AvgIpc) is 2.71. The van der Waals surface area contributed by atoms with E-state index in [0.29, 0.717) is 0 Å². The van der Waals surface area contributed by atoms with Crippen molar-refractivity contribution in [2.24, 2.45) is 0 Å². The molecule has 0 saturated carbocycles. The molecule has 2 aromatic heterocycles. The SMILES string of the molecule is CNCc1cnc(-n2cncn2)c(C)c1. The van der Waals surface area contributed by atoms with Gasteiger partial charge in [-0.25, -0.2) is 14.6 Å². The highest BCUT2D eigenvalue weighted by molar-refractivity contribution is 5.33. The first kappa shape index (κ1) is 9.79. The molecule has 0 spiro atoms. The van der Waals surface area contributed by atoms with Crippen molar-refractivity contribution in [3.05, 3.63) is 36.0 Å². The summed E-state index contributed by atoms with van der Waals surface area (Å²) in [5, 5.41) is 7.14. The second-order valence-electron chi connectivity index (χ2n) is 3.35. The van der Waals surface area contributed by atoms with Gasteiger partial charge in [0.05, 0.1) is 0 Å². The van der Waals surface area contributed by atoms with Gasteiger partial charge in [0.2, 0.25) is 0 Å². The van der Waals surface area contributed by atoms with Crippen LogP contribution in [0.5, 0.6) is 0 Å². The fourth-order valence-electron chi connectivity index (χ4n) is 1.48.